The Balaban J connectivity index is 2.13. The number of anilines is 1. The maximum Gasteiger partial charge on any atom is 0.101 e. The van der Waals surface area contributed by atoms with Crippen LogP contribution in [0.1, 0.15) is 11.1 Å². The summed E-state index contributed by atoms with van der Waals surface area (Å²) in [6, 6.07) is 11.4. The van der Waals surface area contributed by atoms with Crippen molar-refractivity contribution in [3.05, 3.63) is 58.9 Å². The number of aromatic nitrogens is 1. The highest BCUT2D eigenvalue weighted by atomic mass is 35.5. The predicted molar refractivity (Wildman–Crippen MR) is 67.7 cm³/mol. The Morgan fingerprint density at radius 3 is 2.88 bits per heavy atom. The van der Waals surface area contributed by atoms with Gasteiger partial charge in [-0.3, -0.25) is 4.98 Å². The lowest BCUT2D eigenvalue weighted by molar-refractivity contribution is 1.12. The van der Waals surface area contributed by atoms with Crippen molar-refractivity contribution in [3.8, 4) is 6.07 Å². The van der Waals surface area contributed by atoms with Gasteiger partial charge >= 0.3 is 0 Å². The van der Waals surface area contributed by atoms with Crippen LogP contribution in [0.2, 0.25) is 5.02 Å². The fraction of sp³-hybridized carbons (Fsp3) is 0.0769. The van der Waals surface area contributed by atoms with Crippen LogP contribution in [0, 0.1) is 11.3 Å². The number of hydrogen-bond donors (Lipinski definition) is 1. The van der Waals surface area contributed by atoms with Crippen molar-refractivity contribution in [1.82, 2.24) is 4.98 Å². The van der Waals surface area contributed by atoms with Crippen LogP contribution in [-0.4, -0.2) is 4.98 Å². The maximum absolute atomic E-state index is 8.94. The molecule has 0 fully saturated rings. The molecule has 17 heavy (non-hydrogen) atoms. The second-order valence-corrected chi connectivity index (χ2v) is 3.89. The molecular weight excluding hydrogens is 234 g/mol. The first-order valence-corrected chi connectivity index (χ1v) is 5.50. The van der Waals surface area contributed by atoms with E-state index in [4.69, 9.17) is 16.9 Å². The van der Waals surface area contributed by atoms with Crippen molar-refractivity contribution in [2.45, 2.75) is 6.54 Å². The summed E-state index contributed by atoms with van der Waals surface area (Å²) in [4.78, 5) is 3.92. The zero-order chi connectivity index (χ0) is 12.1. The van der Waals surface area contributed by atoms with Gasteiger partial charge in [0.15, 0.2) is 0 Å². The lowest BCUT2D eigenvalue weighted by Gasteiger charge is -2.08. The van der Waals surface area contributed by atoms with Crippen LogP contribution in [-0.2, 0) is 6.54 Å². The number of nitrogens with zero attached hydrogens (tertiary/aromatic N) is 2. The van der Waals surface area contributed by atoms with Crippen LogP contribution in [0.4, 0.5) is 5.69 Å². The van der Waals surface area contributed by atoms with Gasteiger partial charge in [0.1, 0.15) is 6.07 Å². The van der Waals surface area contributed by atoms with Gasteiger partial charge in [-0.25, -0.2) is 0 Å². The highest BCUT2D eigenvalue weighted by molar-refractivity contribution is 6.31. The zero-order valence-corrected chi connectivity index (χ0v) is 9.78. The molecule has 0 saturated heterocycles. The Kier molecular flexibility index (Phi) is 3.59. The third kappa shape index (κ3) is 2.74. The largest absolute Gasteiger partial charge is 0.380 e. The number of hydrogen-bond acceptors (Lipinski definition) is 3. The standard InChI is InChI=1S/C13H10ClN3/c14-12-9-16-6-5-11(12)8-17-13-4-2-1-3-10(13)7-15/h1-6,9,17H,8H2. The average molecular weight is 244 g/mol. The normalized spacial score (nSPS) is 9.65. The predicted octanol–water partition coefficient (Wildman–Crippen LogP) is 3.22. The van der Waals surface area contributed by atoms with Gasteiger partial charge in [-0.1, -0.05) is 23.7 Å². The third-order valence-corrected chi connectivity index (χ3v) is 2.71. The molecule has 0 unspecified atom stereocenters. The van der Waals surface area contributed by atoms with E-state index in [2.05, 4.69) is 16.4 Å². The summed E-state index contributed by atoms with van der Waals surface area (Å²) in [6.45, 7) is 0.569. The van der Waals surface area contributed by atoms with Crippen LogP contribution in [0.15, 0.2) is 42.7 Å². The number of para-hydroxylation sites is 1. The monoisotopic (exact) mass is 243 g/mol. The summed E-state index contributed by atoms with van der Waals surface area (Å²) in [7, 11) is 0. The van der Waals surface area contributed by atoms with Crippen molar-refractivity contribution < 1.29 is 0 Å². The summed E-state index contributed by atoms with van der Waals surface area (Å²) < 4.78 is 0. The number of pyridine rings is 1. The Hall–Kier alpha value is -2.05. The zero-order valence-electron chi connectivity index (χ0n) is 9.02. The van der Waals surface area contributed by atoms with Gasteiger partial charge < -0.3 is 5.32 Å². The molecule has 3 nitrogen and oxygen atoms in total. The van der Waals surface area contributed by atoms with Gasteiger partial charge in [0, 0.05) is 18.9 Å². The van der Waals surface area contributed by atoms with E-state index >= 15 is 0 Å². The molecule has 0 bridgehead atoms. The van der Waals surface area contributed by atoms with E-state index < -0.39 is 0 Å². The molecule has 0 saturated carbocycles. The molecule has 0 radical (unpaired) electrons. The van der Waals surface area contributed by atoms with Gasteiger partial charge in [-0.15, -0.1) is 0 Å². The Bertz CT molecular complexity index is 561. The average Bonchev–Trinajstić information content (AvgIpc) is 2.38. The molecule has 2 aromatic rings. The van der Waals surface area contributed by atoms with E-state index in [1.807, 2.05) is 24.3 Å². The lowest BCUT2D eigenvalue weighted by atomic mass is 10.2. The second kappa shape index (κ2) is 5.33. The summed E-state index contributed by atoms with van der Waals surface area (Å²) >= 11 is 6.00. The minimum atomic E-state index is 0.569. The van der Waals surface area contributed by atoms with Gasteiger partial charge in [0.05, 0.1) is 16.3 Å². The molecular formula is C13H10ClN3. The topological polar surface area (TPSA) is 48.7 Å². The van der Waals surface area contributed by atoms with Crippen LogP contribution in [0.3, 0.4) is 0 Å². The van der Waals surface area contributed by atoms with Crippen LogP contribution in [0.5, 0.6) is 0 Å². The number of nitriles is 1. The van der Waals surface area contributed by atoms with Crippen LogP contribution < -0.4 is 5.32 Å². The fourth-order valence-corrected chi connectivity index (χ4v) is 1.66. The molecule has 1 heterocycles. The minimum absolute atomic E-state index is 0.569. The van der Waals surface area contributed by atoms with E-state index in [1.54, 1.807) is 18.5 Å². The van der Waals surface area contributed by atoms with Gasteiger partial charge in [-0.2, -0.15) is 5.26 Å². The maximum atomic E-state index is 8.94. The van der Waals surface area contributed by atoms with Crippen LogP contribution in [0.25, 0.3) is 0 Å². The molecule has 0 amide bonds. The molecule has 84 valence electrons. The number of benzene rings is 1. The van der Waals surface area contributed by atoms with Crippen molar-refractivity contribution >= 4 is 17.3 Å². The molecule has 1 N–H and O–H groups in total. The Morgan fingerprint density at radius 1 is 1.29 bits per heavy atom. The fourth-order valence-electron chi connectivity index (χ4n) is 1.47. The quantitative estimate of drug-likeness (QED) is 0.901. The summed E-state index contributed by atoms with van der Waals surface area (Å²) in [6.07, 6.45) is 3.30. The Morgan fingerprint density at radius 2 is 2.12 bits per heavy atom. The van der Waals surface area contributed by atoms with Crippen molar-refractivity contribution in [2.24, 2.45) is 0 Å². The minimum Gasteiger partial charge on any atom is -0.380 e. The highest BCUT2D eigenvalue weighted by Gasteiger charge is 2.02. The molecule has 0 aliphatic heterocycles. The van der Waals surface area contributed by atoms with Gasteiger partial charge in [0.25, 0.3) is 0 Å². The van der Waals surface area contributed by atoms with E-state index in [0.29, 0.717) is 17.1 Å². The molecule has 4 heteroatoms. The van der Waals surface area contributed by atoms with Gasteiger partial charge in [-0.05, 0) is 23.8 Å². The Labute approximate surface area is 105 Å². The molecule has 1 aromatic carbocycles. The molecule has 0 atom stereocenters. The van der Waals surface area contributed by atoms with Crippen molar-refractivity contribution in [1.29, 1.82) is 5.26 Å². The third-order valence-electron chi connectivity index (χ3n) is 2.37. The second-order valence-electron chi connectivity index (χ2n) is 3.48. The first kappa shape index (κ1) is 11.4. The molecule has 2 rings (SSSR count). The first-order chi connectivity index (χ1) is 8.31. The molecule has 0 spiro atoms. The lowest BCUT2D eigenvalue weighted by Crippen LogP contribution is -2.01. The summed E-state index contributed by atoms with van der Waals surface area (Å²) in [5, 5.41) is 12.8. The highest BCUT2D eigenvalue weighted by Crippen LogP contribution is 2.18. The first-order valence-electron chi connectivity index (χ1n) is 5.12. The number of halogens is 1. The van der Waals surface area contributed by atoms with Crippen molar-refractivity contribution in [2.75, 3.05) is 5.32 Å². The van der Waals surface area contributed by atoms with Crippen LogP contribution >= 0.6 is 11.6 Å². The number of rotatable bonds is 3. The SMILES string of the molecule is N#Cc1ccccc1NCc1ccncc1Cl. The van der Waals surface area contributed by atoms with E-state index in [0.717, 1.165) is 11.3 Å². The molecule has 0 aliphatic rings. The summed E-state index contributed by atoms with van der Waals surface area (Å²) in [5.74, 6) is 0. The summed E-state index contributed by atoms with van der Waals surface area (Å²) in [5.41, 5.74) is 2.38. The molecule has 1 aromatic heterocycles. The number of nitrogens with one attached hydrogen (secondary N) is 1. The van der Waals surface area contributed by atoms with E-state index in [1.165, 1.54) is 0 Å². The smallest absolute Gasteiger partial charge is 0.101 e. The van der Waals surface area contributed by atoms with Gasteiger partial charge in [0.2, 0.25) is 0 Å². The van der Waals surface area contributed by atoms with E-state index in [9.17, 15) is 0 Å². The molecule has 0 aliphatic carbocycles. The van der Waals surface area contributed by atoms with Crippen molar-refractivity contribution in [3.63, 3.8) is 0 Å². The van der Waals surface area contributed by atoms with E-state index in [-0.39, 0.29) is 0 Å².